The Morgan fingerprint density at radius 3 is 2.24 bits per heavy atom. The molecule has 1 aliphatic rings. The maximum atomic E-state index is 13.3. The Bertz CT molecular complexity index is 1080. The average molecular weight is 474 g/mol. The summed E-state index contributed by atoms with van der Waals surface area (Å²) < 4.78 is 38.4. The van der Waals surface area contributed by atoms with E-state index >= 15 is 0 Å². The van der Waals surface area contributed by atoms with Gasteiger partial charge < -0.3 is 0 Å². The first-order chi connectivity index (χ1) is 15.4. The van der Waals surface area contributed by atoms with Crippen molar-refractivity contribution in [3.05, 3.63) is 65.2 Å². The van der Waals surface area contributed by atoms with Crippen molar-refractivity contribution in [1.29, 1.82) is 0 Å². The molecule has 2 amide bonds. The number of rotatable bonds is 4. The molecule has 0 spiro atoms. The summed E-state index contributed by atoms with van der Waals surface area (Å²) in [4.78, 5) is 19.8. The highest BCUT2D eigenvalue weighted by molar-refractivity contribution is 8.14. The molecule has 0 bridgehead atoms. The summed E-state index contributed by atoms with van der Waals surface area (Å²) in [6, 6.07) is 14.4. The molecule has 8 heteroatoms. The molecule has 174 valence electrons. The predicted octanol–water partition coefficient (Wildman–Crippen LogP) is 6.44. The number of benzene rings is 2. The molecule has 4 nitrogen and oxygen atoms in total. The number of amides is 2. The minimum absolute atomic E-state index is 0.0669. The molecule has 3 rings (SSSR count). The molecule has 1 saturated heterocycles. The van der Waals surface area contributed by atoms with Gasteiger partial charge in [0.2, 0.25) is 0 Å². The highest BCUT2D eigenvalue weighted by Crippen LogP contribution is 2.29. The lowest BCUT2D eigenvalue weighted by Gasteiger charge is -2.36. The van der Waals surface area contributed by atoms with Gasteiger partial charge in [0.15, 0.2) is 5.17 Å². The van der Waals surface area contributed by atoms with Gasteiger partial charge in [0, 0.05) is 16.7 Å². The zero-order valence-corrected chi connectivity index (χ0v) is 19.8. The van der Waals surface area contributed by atoms with Crippen molar-refractivity contribution in [2.75, 3.05) is 17.3 Å². The fraction of sp³-hybridized carbons (Fsp3) is 0.360. The Hall–Kier alpha value is -2.92. The molecule has 2 aromatic rings. The van der Waals surface area contributed by atoms with Crippen LogP contribution in [0.5, 0.6) is 0 Å². The Morgan fingerprint density at radius 2 is 1.67 bits per heavy atom. The van der Waals surface area contributed by atoms with Crippen LogP contribution in [0.15, 0.2) is 53.5 Å². The summed E-state index contributed by atoms with van der Waals surface area (Å²) in [5, 5.41) is 0.0669. The SMILES string of the molecule is Cc1ccc(N2CSC(=NCC(F)(F)F)N(Cc3ccc(C#CC(C)(C)C)cc3)C2=O)cc1. The van der Waals surface area contributed by atoms with Gasteiger partial charge in [-0.25, -0.2) is 4.79 Å². The number of hydrogen-bond donors (Lipinski definition) is 0. The lowest BCUT2D eigenvalue weighted by molar-refractivity contribution is -0.118. The van der Waals surface area contributed by atoms with Gasteiger partial charge in [-0.3, -0.25) is 14.8 Å². The number of carbonyl (C=O) groups excluding carboxylic acids is 1. The maximum absolute atomic E-state index is 13.3. The summed E-state index contributed by atoms with van der Waals surface area (Å²) >= 11 is 1.11. The molecule has 0 N–H and O–H groups in total. The van der Waals surface area contributed by atoms with Gasteiger partial charge in [0.25, 0.3) is 0 Å². The molecule has 0 aliphatic carbocycles. The average Bonchev–Trinajstić information content (AvgIpc) is 2.73. The zero-order valence-electron chi connectivity index (χ0n) is 19.0. The van der Waals surface area contributed by atoms with Crippen LogP contribution in [-0.4, -0.2) is 34.7 Å². The molecule has 2 aromatic carbocycles. The van der Waals surface area contributed by atoms with E-state index in [1.54, 1.807) is 4.90 Å². The van der Waals surface area contributed by atoms with Crippen LogP contribution in [0.4, 0.5) is 23.7 Å². The van der Waals surface area contributed by atoms with E-state index in [1.165, 1.54) is 4.90 Å². The highest BCUT2D eigenvalue weighted by atomic mass is 32.2. The second kappa shape index (κ2) is 9.92. The van der Waals surface area contributed by atoms with Crippen LogP contribution in [0.25, 0.3) is 0 Å². The van der Waals surface area contributed by atoms with Gasteiger partial charge in [0.05, 0.1) is 12.4 Å². The molecular weight excluding hydrogens is 447 g/mol. The predicted molar refractivity (Wildman–Crippen MR) is 128 cm³/mol. The number of alkyl halides is 3. The van der Waals surface area contributed by atoms with Gasteiger partial charge in [-0.15, -0.1) is 0 Å². The molecular formula is C25H26F3N3OS. The number of urea groups is 1. The molecule has 0 unspecified atom stereocenters. The minimum Gasteiger partial charge on any atom is -0.284 e. The summed E-state index contributed by atoms with van der Waals surface area (Å²) in [6.07, 6.45) is -4.44. The summed E-state index contributed by atoms with van der Waals surface area (Å²) in [5.41, 5.74) is 3.22. The minimum atomic E-state index is -4.44. The van der Waals surface area contributed by atoms with Gasteiger partial charge in [-0.05, 0) is 57.5 Å². The van der Waals surface area contributed by atoms with Crippen molar-refractivity contribution in [1.82, 2.24) is 4.90 Å². The van der Waals surface area contributed by atoms with Crippen LogP contribution < -0.4 is 4.90 Å². The van der Waals surface area contributed by atoms with E-state index in [9.17, 15) is 18.0 Å². The van der Waals surface area contributed by atoms with Gasteiger partial charge >= 0.3 is 12.2 Å². The monoisotopic (exact) mass is 473 g/mol. The Morgan fingerprint density at radius 1 is 1.03 bits per heavy atom. The van der Waals surface area contributed by atoms with Crippen molar-refractivity contribution in [2.45, 2.75) is 40.4 Å². The third-order valence-electron chi connectivity index (χ3n) is 4.63. The van der Waals surface area contributed by atoms with Crippen LogP contribution in [-0.2, 0) is 6.54 Å². The van der Waals surface area contributed by atoms with E-state index in [4.69, 9.17) is 0 Å². The fourth-order valence-electron chi connectivity index (χ4n) is 2.95. The number of carbonyl (C=O) groups is 1. The number of halogens is 3. The summed E-state index contributed by atoms with van der Waals surface area (Å²) in [5.74, 6) is 6.46. The number of amidine groups is 1. The van der Waals surface area contributed by atoms with Crippen LogP contribution in [0, 0.1) is 24.2 Å². The molecule has 0 aromatic heterocycles. The number of aliphatic imine (C=N–C) groups is 1. The Labute approximate surface area is 196 Å². The van der Waals surface area contributed by atoms with Crippen molar-refractivity contribution in [3.63, 3.8) is 0 Å². The molecule has 0 radical (unpaired) electrons. The number of nitrogens with zero attached hydrogens (tertiary/aromatic N) is 3. The van der Waals surface area contributed by atoms with Crippen LogP contribution in [0.2, 0.25) is 0 Å². The van der Waals surface area contributed by atoms with Crippen molar-refractivity contribution in [3.8, 4) is 11.8 Å². The van der Waals surface area contributed by atoms with Gasteiger partial charge in [-0.1, -0.05) is 53.4 Å². The number of aryl methyl sites for hydroxylation is 1. The van der Waals surface area contributed by atoms with E-state index in [0.717, 1.165) is 28.5 Å². The van der Waals surface area contributed by atoms with Crippen LogP contribution >= 0.6 is 11.8 Å². The van der Waals surface area contributed by atoms with Crippen molar-refractivity contribution >= 4 is 28.6 Å². The first-order valence-corrected chi connectivity index (χ1v) is 11.4. The van der Waals surface area contributed by atoms with Crippen molar-refractivity contribution < 1.29 is 18.0 Å². The van der Waals surface area contributed by atoms with E-state index in [2.05, 4.69) is 16.8 Å². The fourth-order valence-corrected chi connectivity index (χ4v) is 3.91. The number of hydrogen-bond acceptors (Lipinski definition) is 3. The van der Waals surface area contributed by atoms with E-state index in [-0.39, 0.29) is 23.0 Å². The number of thioether (sulfide) groups is 1. The Kier molecular flexibility index (Phi) is 7.43. The van der Waals surface area contributed by atoms with Crippen molar-refractivity contribution in [2.24, 2.45) is 10.4 Å². The van der Waals surface area contributed by atoms with Gasteiger partial charge in [0.1, 0.15) is 6.54 Å². The first kappa shape index (κ1) is 24.7. The van der Waals surface area contributed by atoms with Crippen LogP contribution in [0.3, 0.4) is 0 Å². The van der Waals surface area contributed by atoms with Gasteiger partial charge in [-0.2, -0.15) is 13.2 Å². The van der Waals surface area contributed by atoms with E-state index in [1.807, 2.05) is 76.2 Å². The third kappa shape index (κ3) is 7.29. The lowest BCUT2D eigenvalue weighted by Crippen LogP contribution is -2.50. The molecule has 33 heavy (non-hydrogen) atoms. The lowest BCUT2D eigenvalue weighted by atomic mass is 9.97. The summed E-state index contributed by atoms with van der Waals surface area (Å²) in [7, 11) is 0. The number of anilines is 1. The molecule has 1 fully saturated rings. The third-order valence-corrected chi connectivity index (χ3v) is 5.63. The smallest absolute Gasteiger partial charge is 0.284 e. The quantitative estimate of drug-likeness (QED) is 0.479. The summed E-state index contributed by atoms with van der Waals surface area (Å²) in [6.45, 7) is 6.80. The molecule has 1 heterocycles. The van der Waals surface area contributed by atoms with Crippen LogP contribution in [0.1, 0.15) is 37.5 Å². The standard InChI is InChI=1S/C25H26F3N3OS/c1-18-5-11-21(12-6-18)31-17-33-22(29-16-25(26,27)28)30(23(31)32)15-20-9-7-19(8-10-20)13-14-24(2,3)4/h5-12H,15-17H2,1-4H3. The van der Waals surface area contributed by atoms with E-state index in [0.29, 0.717) is 5.69 Å². The topological polar surface area (TPSA) is 35.9 Å². The Balaban J connectivity index is 1.86. The molecule has 0 atom stereocenters. The highest BCUT2D eigenvalue weighted by Gasteiger charge is 2.34. The molecule has 0 saturated carbocycles. The second-order valence-electron chi connectivity index (χ2n) is 8.82. The maximum Gasteiger partial charge on any atom is 0.408 e. The second-order valence-corrected chi connectivity index (χ2v) is 9.73. The zero-order chi connectivity index (χ0) is 24.2. The largest absolute Gasteiger partial charge is 0.408 e. The molecule has 1 aliphatic heterocycles. The normalized spacial score (nSPS) is 16.1. The van der Waals surface area contributed by atoms with E-state index < -0.39 is 18.8 Å². The first-order valence-electron chi connectivity index (χ1n) is 10.4.